The van der Waals surface area contributed by atoms with E-state index in [-0.39, 0.29) is 18.5 Å². The molecule has 0 spiro atoms. The van der Waals surface area contributed by atoms with Gasteiger partial charge in [0, 0.05) is 30.9 Å². The number of methoxy groups -OCH3 is 1. The second-order valence-corrected chi connectivity index (χ2v) is 6.47. The Hall–Kier alpha value is -2.18. The van der Waals surface area contributed by atoms with E-state index in [0.717, 1.165) is 5.69 Å². The summed E-state index contributed by atoms with van der Waals surface area (Å²) in [5.41, 5.74) is 1.08. The number of carbonyl (C=O) groups is 2. The molecule has 0 unspecified atom stereocenters. The summed E-state index contributed by atoms with van der Waals surface area (Å²) in [4.78, 5) is 36.5. The molecule has 2 fully saturated rings. The lowest BCUT2D eigenvalue weighted by Crippen LogP contribution is -2.57. The number of nitrogens with zero attached hydrogens (tertiary/aromatic N) is 4. The third-order valence-corrected chi connectivity index (χ3v) is 4.99. The van der Waals surface area contributed by atoms with E-state index in [1.54, 1.807) is 6.20 Å². The molecular weight excluding hydrogens is 308 g/mol. The zero-order chi connectivity index (χ0) is 17.1. The highest BCUT2D eigenvalue weighted by atomic mass is 16.5. The molecule has 1 saturated heterocycles. The Kier molecular flexibility index (Phi) is 4.97. The van der Waals surface area contributed by atoms with Gasteiger partial charge >= 0.3 is 5.97 Å². The molecule has 2 aliphatic rings. The van der Waals surface area contributed by atoms with Gasteiger partial charge in [-0.2, -0.15) is 0 Å². The molecule has 2 heterocycles. The standard InChI is InChI=1S/C17H24N4O3/c1-12-16(23)20(11-15(22)24-2)9-10-21(12)17-18-8-7-14(19-17)13-5-3-4-6-13/h7-8,12-13H,3-6,9-11H2,1-2H3/t12-/m0/s1. The smallest absolute Gasteiger partial charge is 0.325 e. The molecule has 1 saturated carbocycles. The number of esters is 1. The van der Waals surface area contributed by atoms with Crippen molar-refractivity contribution in [2.24, 2.45) is 0 Å². The molecule has 0 radical (unpaired) electrons. The van der Waals surface area contributed by atoms with Crippen molar-refractivity contribution in [1.82, 2.24) is 14.9 Å². The van der Waals surface area contributed by atoms with Crippen LogP contribution in [0, 0.1) is 0 Å². The van der Waals surface area contributed by atoms with Gasteiger partial charge < -0.3 is 14.5 Å². The number of amides is 1. The molecule has 130 valence electrons. The van der Waals surface area contributed by atoms with E-state index in [4.69, 9.17) is 4.98 Å². The molecule has 1 atom stereocenters. The zero-order valence-electron chi connectivity index (χ0n) is 14.3. The maximum atomic E-state index is 12.5. The number of piperazine rings is 1. The summed E-state index contributed by atoms with van der Waals surface area (Å²) in [6, 6.07) is 1.60. The number of anilines is 1. The fourth-order valence-electron chi connectivity index (χ4n) is 3.53. The summed E-state index contributed by atoms with van der Waals surface area (Å²) in [6.45, 7) is 2.90. The van der Waals surface area contributed by atoms with Crippen LogP contribution >= 0.6 is 0 Å². The summed E-state index contributed by atoms with van der Waals surface area (Å²) in [5.74, 6) is 0.626. The first-order valence-electron chi connectivity index (χ1n) is 8.55. The molecule has 24 heavy (non-hydrogen) atoms. The SMILES string of the molecule is COC(=O)CN1CCN(c2nccc(C3CCCC3)n2)[C@@H](C)C1=O. The van der Waals surface area contributed by atoms with Gasteiger partial charge in [0.2, 0.25) is 11.9 Å². The Bertz CT molecular complexity index is 616. The van der Waals surface area contributed by atoms with Crippen molar-refractivity contribution in [2.75, 3.05) is 31.6 Å². The van der Waals surface area contributed by atoms with Crippen molar-refractivity contribution in [1.29, 1.82) is 0 Å². The molecule has 0 N–H and O–H groups in total. The fraction of sp³-hybridized carbons (Fsp3) is 0.647. The largest absolute Gasteiger partial charge is 0.468 e. The van der Waals surface area contributed by atoms with Crippen LogP contribution in [-0.4, -0.2) is 59.5 Å². The Morgan fingerprint density at radius 2 is 2.08 bits per heavy atom. The van der Waals surface area contributed by atoms with Crippen molar-refractivity contribution in [3.05, 3.63) is 18.0 Å². The van der Waals surface area contributed by atoms with Crippen LogP contribution in [0.5, 0.6) is 0 Å². The van der Waals surface area contributed by atoms with E-state index in [2.05, 4.69) is 9.72 Å². The Balaban J connectivity index is 1.73. The van der Waals surface area contributed by atoms with Gasteiger partial charge in [0.15, 0.2) is 0 Å². The lowest BCUT2D eigenvalue weighted by Gasteiger charge is -2.38. The number of ether oxygens (including phenoxy) is 1. The Morgan fingerprint density at radius 1 is 1.33 bits per heavy atom. The average molecular weight is 332 g/mol. The quantitative estimate of drug-likeness (QED) is 0.775. The van der Waals surface area contributed by atoms with Gasteiger partial charge in [-0.3, -0.25) is 9.59 Å². The van der Waals surface area contributed by atoms with Crippen molar-refractivity contribution in [2.45, 2.75) is 44.6 Å². The third kappa shape index (κ3) is 3.34. The highest BCUT2D eigenvalue weighted by molar-refractivity contribution is 5.88. The molecule has 1 aromatic rings. The highest BCUT2D eigenvalue weighted by Crippen LogP contribution is 2.33. The molecule has 1 aromatic heterocycles. The molecule has 0 bridgehead atoms. The van der Waals surface area contributed by atoms with Crippen LogP contribution in [-0.2, 0) is 14.3 Å². The van der Waals surface area contributed by atoms with E-state index >= 15 is 0 Å². The molecule has 1 aliphatic heterocycles. The number of carbonyl (C=O) groups excluding carboxylic acids is 2. The van der Waals surface area contributed by atoms with Crippen LogP contribution < -0.4 is 4.90 Å². The van der Waals surface area contributed by atoms with E-state index in [0.29, 0.717) is 25.0 Å². The molecule has 1 amide bonds. The van der Waals surface area contributed by atoms with Crippen LogP contribution in [0.15, 0.2) is 12.3 Å². The molecule has 3 rings (SSSR count). The monoisotopic (exact) mass is 332 g/mol. The van der Waals surface area contributed by atoms with Crippen molar-refractivity contribution >= 4 is 17.8 Å². The van der Waals surface area contributed by atoms with E-state index in [1.165, 1.54) is 37.7 Å². The number of aromatic nitrogens is 2. The maximum absolute atomic E-state index is 12.5. The minimum absolute atomic E-state index is 0.00349. The molecule has 7 nitrogen and oxygen atoms in total. The first-order chi connectivity index (χ1) is 11.6. The zero-order valence-corrected chi connectivity index (χ0v) is 14.3. The summed E-state index contributed by atoms with van der Waals surface area (Å²) in [6.07, 6.45) is 6.65. The molecule has 0 aromatic carbocycles. The first kappa shape index (κ1) is 16.7. The van der Waals surface area contributed by atoms with Gasteiger partial charge in [-0.15, -0.1) is 0 Å². The van der Waals surface area contributed by atoms with Gasteiger partial charge in [-0.05, 0) is 25.8 Å². The Morgan fingerprint density at radius 3 is 2.79 bits per heavy atom. The van der Waals surface area contributed by atoms with Crippen molar-refractivity contribution in [3.8, 4) is 0 Å². The van der Waals surface area contributed by atoms with E-state index in [9.17, 15) is 9.59 Å². The Labute approximate surface area is 142 Å². The van der Waals surface area contributed by atoms with E-state index in [1.807, 2.05) is 17.9 Å². The van der Waals surface area contributed by atoms with Gasteiger partial charge in [-0.1, -0.05) is 12.8 Å². The maximum Gasteiger partial charge on any atom is 0.325 e. The van der Waals surface area contributed by atoms with Gasteiger partial charge in [0.25, 0.3) is 0 Å². The number of hydrogen-bond donors (Lipinski definition) is 0. The van der Waals surface area contributed by atoms with Crippen LogP contribution in [0.1, 0.15) is 44.2 Å². The normalized spacial score (nSPS) is 22.1. The molecule has 1 aliphatic carbocycles. The van der Waals surface area contributed by atoms with Crippen LogP contribution in [0.3, 0.4) is 0 Å². The summed E-state index contributed by atoms with van der Waals surface area (Å²) in [7, 11) is 1.33. The molecule has 7 heteroatoms. The van der Waals surface area contributed by atoms with Crippen LogP contribution in [0.25, 0.3) is 0 Å². The topological polar surface area (TPSA) is 75.6 Å². The third-order valence-electron chi connectivity index (χ3n) is 4.99. The van der Waals surface area contributed by atoms with Crippen molar-refractivity contribution in [3.63, 3.8) is 0 Å². The summed E-state index contributed by atoms with van der Waals surface area (Å²) >= 11 is 0. The molecular formula is C17H24N4O3. The second-order valence-electron chi connectivity index (χ2n) is 6.47. The first-order valence-corrected chi connectivity index (χ1v) is 8.55. The lowest BCUT2D eigenvalue weighted by atomic mass is 10.0. The van der Waals surface area contributed by atoms with Gasteiger partial charge in [0.05, 0.1) is 7.11 Å². The average Bonchev–Trinajstić information content (AvgIpc) is 3.14. The minimum atomic E-state index is -0.400. The van der Waals surface area contributed by atoms with Crippen molar-refractivity contribution < 1.29 is 14.3 Å². The highest BCUT2D eigenvalue weighted by Gasteiger charge is 2.34. The second kappa shape index (κ2) is 7.15. The van der Waals surface area contributed by atoms with Gasteiger partial charge in [0.1, 0.15) is 12.6 Å². The number of rotatable bonds is 4. The van der Waals surface area contributed by atoms with Crippen LogP contribution in [0.2, 0.25) is 0 Å². The number of hydrogen-bond acceptors (Lipinski definition) is 6. The van der Waals surface area contributed by atoms with E-state index < -0.39 is 5.97 Å². The van der Waals surface area contributed by atoms with Crippen LogP contribution in [0.4, 0.5) is 5.95 Å². The fourth-order valence-corrected chi connectivity index (χ4v) is 3.53. The lowest BCUT2D eigenvalue weighted by molar-refractivity contribution is -0.148. The minimum Gasteiger partial charge on any atom is -0.468 e. The predicted octanol–water partition coefficient (Wildman–Crippen LogP) is 1.34. The van der Waals surface area contributed by atoms with Gasteiger partial charge in [-0.25, -0.2) is 9.97 Å². The predicted molar refractivity (Wildman–Crippen MR) is 88.6 cm³/mol. The summed E-state index contributed by atoms with van der Waals surface area (Å²) < 4.78 is 4.65. The summed E-state index contributed by atoms with van der Waals surface area (Å²) in [5, 5.41) is 0.